The minimum atomic E-state index is 0.635. The van der Waals surface area contributed by atoms with Crippen LogP contribution in [0.15, 0.2) is 16.8 Å². The zero-order valence-electron chi connectivity index (χ0n) is 4.79. The quantitative estimate of drug-likeness (QED) is 0.429. The molecule has 1 aromatic rings. The maximum atomic E-state index is 3.96. The fourth-order valence-electron chi connectivity index (χ4n) is 0.477. The van der Waals surface area contributed by atoms with Crippen LogP contribution in [0.25, 0.3) is 0 Å². The Bertz CT molecular complexity index is 213. The van der Waals surface area contributed by atoms with Gasteiger partial charge in [-0.15, -0.1) is 0 Å². The summed E-state index contributed by atoms with van der Waals surface area (Å²) in [5.74, 6) is 6.46. The van der Waals surface area contributed by atoms with Crippen LogP contribution < -0.4 is 0 Å². The van der Waals surface area contributed by atoms with Gasteiger partial charge in [0.25, 0.3) is 0 Å². The Labute approximate surface area is 64.3 Å². The van der Waals surface area contributed by atoms with Gasteiger partial charge in [0.2, 0.25) is 0 Å². The topological polar surface area (TPSA) is 0 Å². The first kappa shape index (κ1) is 6.73. The fourth-order valence-corrected chi connectivity index (χ4v) is 1.14. The van der Waals surface area contributed by atoms with E-state index in [0.717, 1.165) is 5.56 Å². The Hall–Kier alpha value is -0.390. The predicted octanol–water partition coefficient (Wildman–Crippen LogP) is 2.03. The van der Waals surface area contributed by atoms with Crippen LogP contribution in [0.3, 0.4) is 0 Å². The van der Waals surface area contributed by atoms with E-state index in [2.05, 4.69) is 24.5 Å². The third-order valence-corrected chi connectivity index (χ3v) is 1.67. The molecule has 0 N–H and O–H groups in total. The summed E-state index contributed by atoms with van der Waals surface area (Å²) in [6.45, 7) is 0. The molecule has 2 heteroatoms. The molecule has 0 fully saturated rings. The molecule has 0 bridgehead atoms. The highest BCUT2D eigenvalue weighted by Gasteiger charge is 1.80. The zero-order valence-corrected chi connectivity index (χ0v) is 6.51. The monoisotopic (exact) mass is 154 g/mol. The van der Waals surface area contributed by atoms with Crippen LogP contribution in [0, 0.1) is 11.8 Å². The average molecular weight is 154 g/mol. The van der Waals surface area contributed by atoms with Gasteiger partial charge in [-0.1, -0.05) is 11.8 Å². The lowest BCUT2D eigenvalue weighted by Gasteiger charge is -1.72. The van der Waals surface area contributed by atoms with Crippen LogP contribution in [0.4, 0.5) is 0 Å². The van der Waals surface area contributed by atoms with Gasteiger partial charge >= 0.3 is 0 Å². The molecule has 0 aromatic carbocycles. The molecule has 0 nitrogen and oxygen atoms in total. The minimum absolute atomic E-state index is 0.635. The predicted molar refractivity (Wildman–Crippen MR) is 45.1 cm³/mol. The first-order chi connectivity index (χ1) is 4.43. The summed E-state index contributed by atoms with van der Waals surface area (Å²) >= 11 is 5.62. The highest BCUT2D eigenvalue weighted by molar-refractivity contribution is 7.80. The Morgan fingerprint density at radius 3 is 3.11 bits per heavy atom. The van der Waals surface area contributed by atoms with Gasteiger partial charge in [-0.25, -0.2) is 0 Å². The van der Waals surface area contributed by atoms with Crippen molar-refractivity contribution in [3.63, 3.8) is 0 Å². The van der Waals surface area contributed by atoms with Crippen LogP contribution in [0.2, 0.25) is 0 Å². The maximum absolute atomic E-state index is 3.96. The van der Waals surface area contributed by atoms with E-state index in [1.807, 2.05) is 16.8 Å². The van der Waals surface area contributed by atoms with Crippen molar-refractivity contribution in [2.75, 3.05) is 5.75 Å². The Morgan fingerprint density at radius 2 is 2.56 bits per heavy atom. The molecule has 9 heavy (non-hydrogen) atoms. The van der Waals surface area contributed by atoms with E-state index in [1.165, 1.54) is 0 Å². The lowest BCUT2D eigenvalue weighted by Crippen LogP contribution is -1.63. The molecule has 0 unspecified atom stereocenters. The molecule has 0 aliphatic carbocycles. The van der Waals surface area contributed by atoms with Crippen molar-refractivity contribution in [1.82, 2.24) is 0 Å². The SMILES string of the molecule is SCC#Cc1ccsc1. The zero-order chi connectivity index (χ0) is 6.53. The van der Waals surface area contributed by atoms with Gasteiger partial charge in [-0.2, -0.15) is 24.0 Å². The number of thiophene rings is 1. The molecule has 0 atom stereocenters. The summed E-state index contributed by atoms with van der Waals surface area (Å²) in [7, 11) is 0. The van der Waals surface area contributed by atoms with Crippen molar-refractivity contribution in [1.29, 1.82) is 0 Å². The third kappa shape index (κ3) is 2.13. The molecule has 0 saturated carbocycles. The van der Waals surface area contributed by atoms with Crippen LogP contribution in [0.5, 0.6) is 0 Å². The van der Waals surface area contributed by atoms with Crippen molar-refractivity contribution < 1.29 is 0 Å². The molecule has 1 rings (SSSR count). The van der Waals surface area contributed by atoms with E-state index in [4.69, 9.17) is 0 Å². The second-order valence-corrected chi connectivity index (χ2v) is 2.57. The number of thiol groups is 1. The highest BCUT2D eigenvalue weighted by Crippen LogP contribution is 2.02. The first-order valence-corrected chi connectivity index (χ1v) is 4.13. The number of hydrogen-bond donors (Lipinski definition) is 1. The molecule has 1 aromatic heterocycles. The van der Waals surface area contributed by atoms with Crippen molar-refractivity contribution in [2.45, 2.75) is 0 Å². The Balaban J connectivity index is 2.67. The summed E-state index contributed by atoms with van der Waals surface area (Å²) in [6.07, 6.45) is 0. The Kier molecular flexibility index (Phi) is 2.69. The molecular formula is C7H6S2. The lowest BCUT2D eigenvalue weighted by molar-refractivity contribution is 1.83. The second-order valence-electron chi connectivity index (χ2n) is 1.47. The van der Waals surface area contributed by atoms with E-state index in [0.29, 0.717) is 5.75 Å². The summed E-state index contributed by atoms with van der Waals surface area (Å²) in [6, 6.07) is 2.00. The molecule has 0 radical (unpaired) electrons. The molecule has 0 aliphatic heterocycles. The standard InChI is InChI=1S/C7H6S2/c8-4-1-2-7-3-5-9-6-7/h3,5-6,8H,4H2. The van der Waals surface area contributed by atoms with E-state index in [9.17, 15) is 0 Å². The van der Waals surface area contributed by atoms with Crippen molar-refractivity contribution in [3.8, 4) is 11.8 Å². The van der Waals surface area contributed by atoms with E-state index in [-0.39, 0.29) is 0 Å². The third-order valence-electron chi connectivity index (χ3n) is 0.833. The summed E-state index contributed by atoms with van der Waals surface area (Å²) in [5, 5.41) is 4.04. The summed E-state index contributed by atoms with van der Waals surface area (Å²) < 4.78 is 0. The van der Waals surface area contributed by atoms with Gasteiger partial charge < -0.3 is 0 Å². The van der Waals surface area contributed by atoms with Crippen LogP contribution in [-0.4, -0.2) is 5.75 Å². The van der Waals surface area contributed by atoms with E-state index in [1.54, 1.807) is 11.3 Å². The smallest absolute Gasteiger partial charge is 0.0521 e. The average Bonchev–Trinajstić information content (AvgIpc) is 2.34. The number of hydrogen-bond acceptors (Lipinski definition) is 2. The maximum Gasteiger partial charge on any atom is 0.0521 e. The fraction of sp³-hybridized carbons (Fsp3) is 0.143. The van der Waals surface area contributed by atoms with Gasteiger partial charge in [-0.05, 0) is 11.4 Å². The molecule has 1 heterocycles. The van der Waals surface area contributed by atoms with Gasteiger partial charge in [0.05, 0.1) is 5.75 Å². The molecule has 0 amide bonds. The highest BCUT2D eigenvalue weighted by atomic mass is 32.1. The molecule has 0 saturated heterocycles. The van der Waals surface area contributed by atoms with Gasteiger partial charge in [0.1, 0.15) is 0 Å². The lowest BCUT2D eigenvalue weighted by atomic mass is 10.3. The first-order valence-electron chi connectivity index (χ1n) is 2.55. The van der Waals surface area contributed by atoms with Crippen molar-refractivity contribution in [2.24, 2.45) is 0 Å². The van der Waals surface area contributed by atoms with E-state index >= 15 is 0 Å². The molecule has 0 aliphatic rings. The normalized spacial score (nSPS) is 8.11. The van der Waals surface area contributed by atoms with Crippen LogP contribution in [-0.2, 0) is 0 Å². The van der Waals surface area contributed by atoms with Crippen molar-refractivity contribution in [3.05, 3.63) is 22.4 Å². The van der Waals surface area contributed by atoms with Gasteiger partial charge in [0.15, 0.2) is 0 Å². The molecule has 0 spiro atoms. The molecular weight excluding hydrogens is 148 g/mol. The Morgan fingerprint density at radius 1 is 1.67 bits per heavy atom. The van der Waals surface area contributed by atoms with Gasteiger partial charge in [-0.3, -0.25) is 0 Å². The summed E-state index contributed by atoms with van der Waals surface area (Å²) in [4.78, 5) is 0. The van der Waals surface area contributed by atoms with Crippen molar-refractivity contribution >= 4 is 24.0 Å². The minimum Gasteiger partial charge on any atom is -0.166 e. The van der Waals surface area contributed by atoms with Crippen LogP contribution >= 0.6 is 24.0 Å². The van der Waals surface area contributed by atoms with E-state index < -0.39 is 0 Å². The largest absolute Gasteiger partial charge is 0.166 e. The van der Waals surface area contributed by atoms with Gasteiger partial charge in [0, 0.05) is 10.9 Å². The second kappa shape index (κ2) is 3.60. The number of rotatable bonds is 0. The van der Waals surface area contributed by atoms with Crippen LogP contribution in [0.1, 0.15) is 5.56 Å². The molecule has 46 valence electrons. The summed E-state index contributed by atoms with van der Waals surface area (Å²) in [5.41, 5.74) is 1.09.